The Morgan fingerprint density at radius 3 is 2.07 bits per heavy atom. The number of thiophene rings is 2. The number of nitrogens with one attached hydrogen (secondary N) is 1. The molecule has 0 fully saturated rings. The van der Waals surface area contributed by atoms with Crippen LogP contribution in [0.3, 0.4) is 0 Å². The fourth-order valence-electron chi connectivity index (χ4n) is 3.11. The van der Waals surface area contributed by atoms with Crippen molar-refractivity contribution in [3.8, 4) is 0 Å². The zero-order valence-electron chi connectivity index (χ0n) is 16.5. The predicted octanol–water partition coefficient (Wildman–Crippen LogP) is 5.33. The lowest BCUT2D eigenvalue weighted by Crippen LogP contribution is -2.48. The second-order valence-electron chi connectivity index (χ2n) is 6.89. The molecule has 2 amide bonds. The van der Waals surface area contributed by atoms with Crippen LogP contribution in [0.4, 0.5) is 0 Å². The van der Waals surface area contributed by atoms with Crippen LogP contribution in [0.2, 0.25) is 0 Å². The van der Waals surface area contributed by atoms with Gasteiger partial charge in [-0.3, -0.25) is 9.59 Å². The Kier molecular flexibility index (Phi) is 8.02. The van der Waals surface area contributed by atoms with Crippen LogP contribution >= 0.6 is 22.7 Å². The van der Waals surface area contributed by atoms with Crippen molar-refractivity contribution in [2.75, 3.05) is 0 Å². The van der Waals surface area contributed by atoms with Gasteiger partial charge in [-0.05, 0) is 41.4 Å². The minimum absolute atomic E-state index is 0.0236. The SMILES string of the molecule is CCCC[C@H](NC(=O)c1ccccc1)C(=O)N(Cc1cccs1)Cc1cccs1. The van der Waals surface area contributed by atoms with Crippen LogP contribution in [0.1, 0.15) is 46.3 Å². The minimum atomic E-state index is -0.525. The zero-order valence-corrected chi connectivity index (χ0v) is 18.2. The van der Waals surface area contributed by atoms with Crippen LogP contribution in [0.15, 0.2) is 65.4 Å². The summed E-state index contributed by atoms with van der Waals surface area (Å²) in [6, 6.07) is 16.6. The predicted molar refractivity (Wildman–Crippen MR) is 120 cm³/mol. The maximum atomic E-state index is 13.5. The fourth-order valence-corrected chi connectivity index (χ4v) is 4.55. The van der Waals surface area contributed by atoms with E-state index < -0.39 is 6.04 Å². The van der Waals surface area contributed by atoms with Crippen LogP contribution in [0, 0.1) is 0 Å². The summed E-state index contributed by atoms with van der Waals surface area (Å²) in [4.78, 5) is 30.3. The van der Waals surface area contributed by atoms with Crippen LogP contribution in [0.5, 0.6) is 0 Å². The number of benzene rings is 1. The van der Waals surface area contributed by atoms with E-state index in [1.807, 2.05) is 58.1 Å². The summed E-state index contributed by atoms with van der Waals surface area (Å²) >= 11 is 3.29. The Morgan fingerprint density at radius 1 is 0.931 bits per heavy atom. The molecule has 1 N–H and O–H groups in total. The lowest BCUT2D eigenvalue weighted by atomic mass is 10.1. The van der Waals surface area contributed by atoms with E-state index in [4.69, 9.17) is 0 Å². The van der Waals surface area contributed by atoms with Crippen LogP contribution in [0.25, 0.3) is 0 Å². The van der Waals surface area contributed by atoms with Gasteiger partial charge in [0.15, 0.2) is 0 Å². The van der Waals surface area contributed by atoms with Gasteiger partial charge in [0, 0.05) is 15.3 Å². The molecule has 0 bridgehead atoms. The van der Waals surface area contributed by atoms with Gasteiger partial charge in [-0.1, -0.05) is 50.1 Å². The van der Waals surface area contributed by atoms with E-state index in [0.717, 1.165) is 22.6 Å². The Balaban J connectivity index is 1.78. The van der Waals surface area contributed by atoms with E-state index in [1.54, 1.807) is 34.8 Å². The first-order valence-corrected chi connectivity index (χ1v) is 11.6. The summed E-state index contributed by atoms with van der Waals surface area (Å²) in [5.74, 6) is -0.225. The Labute approximate surface area is 180 Å². The third-order valence-corrected chi connectivity index (χ3v) is 6.37. The lowest BCUT2D eigenvalue weighted by Gasteiger charge is -2.27. The van der Waals surface area contributed by atoms with Gasteiger partial charge < -0.3 is 10.2 Å². The average Bonchev–Trinajstić information content (AvgIpc) is 3.45. The number of unbranched alkanes of at least 4 members (excludes halogenated alkanes) is 1. The van der Waals surface area contributed by atoms with Crippen molar-refractivity contribution in [2.45, 2.75) is 45.3 Å². The van der Waals surface area contributed by atoms with E-state index in [0.29, 0.717) is 25.1 Å². The summed E-state index contributed by atoms with van der Waals surface area (Å²) in [7, 11) is 0. The second kappa shape index (κ2) is 10.9. The molecule has 6 heteroatoms. The molecule has 1 aromatic carbocycles. The molecular weight excluding hydrogens is 400 g/mol. The highest BCUT2D eigenvalue weighted by molar-refractivity contribution is 7.10. The second-order valence-corrected chi connectivity index (χ2v) is 8.95. The molecule has 0 aliphatic heterocycles. The molecule has 2 aromatic heterocycles. The van der Waals surface area contributed by atoms with E-state index in [1.165, 1.54) is 0 Å². The van der Waals surface area contributed by atoms with Gasteiger partial charge in [-0.25, -0.2) is 0 Å². The van der Waals surface area contributed by atoms with E-state index in [-0.39, 0.29) is 11.8 Å². The molecular formula is C23H26N2O2S2. The molecule has 2 heterocycles. The summed E-state index contributed by atoms with van der Waals surface area (Å²) in [6.07, 6.45) is 2.50. The topological polar surface area (TPSA) is 49.4 Å². The van der Waals surface area contributed by atoms with Crippen LogP contribution in [-0.2, 0) is 17.9 Å². The molecule has 0 saturated carbocycles. The monoisotopic (exact) mass is 426 g/mol. The first-order chi connectivity index (χ1) is 14.2. The van der Waals surface area contributed by atoms with Gasteiger partial charge in [0.2, 0.25) is 5.91 Å². The number of amides is 2. The molecule has 0 spiro atoms. The molecule has 152 valence electrons. The molecule has 3 rings (SSSR count). The van der Waals surface area contributed by atoms with Crippen molar-refractivity contribution in [1.29, 1.82) is 0 Å². The van der Waals surface area contributed by atoms with E-state index >= 15 is 0 Å². The summed E-state index contributed by atoms with van der Waals surface area (Å²) in [5, 5.41) is 7.03. The third-order valence-electron chi connectivity index (χ3n) is 4.65. The first kappa shape index (κ1) is 21.3. The lowest BCUT2D eigenvalue weighted by molar-refractivity contribution is -0.134. The normalized spacial score (nSPS) is 11.8. The molecule has 0 aliphatic rings. The Bertz CT molecular complexity index is 841. The maximum absolute atomic E-state index is 13.5. The van der Waals surface area contributed by atoms with Gasteiger partial charge in [0.25, 0.3) is 5.91 Å². The first-order valence-electron chi connectivity index (χ1n) is 9.87. The van der Waals surface area contributed by atoms with Gasteiger partial charge in [-0.15, -0.1) is 22.7 Å². The van der Waals surface area contributed by atoms with Crippen molar-refractivity contribution >= 4 is 34.5 Å². The number of carbonyl (C=O) groups excluding carboxylic acids is 2. The van der Waals surface area contributed by atoms with Crippen molar-refractivity contribution in [3.63, 3.8) is 0 Å². The number of hydrogen-bond acceptors (Lipinski definition) is 4. The summed E-state index contributed by atoms with van der Waals surface area (Å²) in [6.45, 7) is 3.20. The van der Waals surface area contributed by atoms with Gasteiger partial charge in [0.1, 0.15) is 6.04 Å². The van der Waals surface area contributed by atoms with Crippen molar-refractivity contribution < 1.29 is 9.59 Å². The molecule has 1 atom stereocenters. The highest BCUT2D eigenvalue weighted by atomic mass is 32.1. The molecule has 29 heavy (non-hydrogen) atoms. The molecule has 0 radical (unpaired) electrons. The number of carbonyl (C=O) groups is 2. The number of rotatable bonds is 10. The summed E-state index contributed by atoms with van der Waals surface area (Å²) < 4.78 is 0. The highest BCUT2D eigenvalue weighted by Gasteiger charge is 2.26. The van der Waals surface area contributed by atoms with E-state index in [2.05, 4.69) is 12.2 Å². The molecule has 0 unspecified atom stereocenters. The molecule has 4 nitrogen and oxygen atoms in total. The van der Waals surface area contributed by atoms with Crippen LogP contribution in [-0.4, -0.2) is 22.8 Å². The summed E-state index contributed by atoms with van der Waals surface area (Å²) in [5.41, 5.74) is 0.574. The molecule has 0 aliphatic carbocycles. The highest BCUT2D eigenvalue weighted by Crippen LogP contribution is 2.19. The van der Waals surface area contributed by atoms with Crippen molar-refractivity contribution in [1.82, 2.24) is 10.2 Å². The quantitative estimate of drug-likeness (QED) is 0.476. The maximum Gasteiger partial charge on any atom is 0.251 e. The number of nitrogens with zero attached hydrogens (tertiary/aromatic N) is 1. The number of hydrogen-bond donors (Lipinski definition) is 1. The standard InChI is InChI=1S/C23H26N2O2S2/c1-2-3-13-21(24-22(26)18-9-5-4-6-10-18)23(27)25(16-19-11-7-14-28-19)17-20-12-8-15-29-20/h4-12,14-15,21H,2-3,13,16-17H2,1H3,(H,24,26)/t21-/m0/s1. The van der Waals surface area contributed by atoms with Crippen molar-refractivity contribution in [2.24, 2.45) is 0 Å². The molecule has 3 aromatic rings. The molecule has 0 saturated heterocycles. The van der Waals surface area contributed by atoms with Crippen molar-refractivity contribution in [3.05, 3.63) is 80.7 Å². The third kappa shape index (κ3) is 6.27. The van der Waals surface area contributed by atoms with Gasteiger partial charge in [-0.2, -0.15) is 0 Å². The minimum Gasteiger partial charge on any atom is -0.340 e. The van der Waals surface area contributed by atoms with Crippen LogP contribution < -0.4 is 5.32 Å². The zero-order chi connectivity index (χ0) is 20.5. The van der Waals surface area contributed by atoms with E-state index in [9.17, 15) is 9.59 Å². The smallest absolute Gasteiger partial charge is 0.251 e. The Morgan fingerprint density at radius 2 is 1.55 bits per heavy atom. The Hall–Kier alpha value is -2.44. The largest absolute Gasteiger partial charge is 0.340 e. The van der Waals surface area contributed by atoms with Gasteiger partial charge >= 0.3 is 0 Å². The van der Waals surface area contributed by atoms with Gasteiger partial charge in [0.05, 0.1) is 13.1 Å². The average molecular weight is 427 g/mol. The fraction of sp³-hybridized carbons (Fsp3) is 0.304.